The summed E-state index contributed by atoms with van der Waals surface area (Å²) in [4.78, 5) is 19.1. The third kappa shape index (κ3) is 6.93. The molecule has 0 aliphatic carbocycles. The van der Waals surface area contributed by atoms with Crippen LogP contribution in [0.3, 0.4) is 0 Å². The van der Waals surface area contributed by atoms with Crippen LogP contribution >= 0.6 is 11.8 Å². The predicted octanol–water partition coefficient (Wildman–Crippen LogP) is 8.03. The Labute approximate surface area is 213 Å². The molecule has 4 heteroatoms. The van der Waals surface area contributed by atoms with Gasteiger partial charge >= 0.3 is 0 Å². The van der Waals surface area contributed by atoms with E-state index in [2.05, 4.69) is 61.7 Å². The van der Waals surface area contributed by atoms with Crippen LogP contribution in [0.4, 0.5) is 5.69 Å². The molecule has 1 amide bonds. The number of carbonyl (C=O) groups excluding carboxylic acids is 1. The molecule has 0 aliphatic rings. The van der Waals surface area contributed by atoms with Crippen LogP contribution in [-0.2, 0) is 13.0 Å². The second kappa shape index (κ2) is 12.7. The van der Waals surface area contributed by atoms with E-state index in [1.165, 1.54) is 16.7 Å². The van der Waals surface area contributed by atoms with Crippen LogP contribution in [0.5, 0.6) is 0 Å². The molecule has 0 saturated carbocycles. The maximum absolute atomic E-state index is 12.8. The fourth-order valence-corrected chi connectivity index (χ4v) is 4.80. The van der Waals surface area contributed by atoms with Gasteiger partial charge in [-0.05, 0) is 86.0 Å². The van der Waals surface area contributed by atoms with Gasteiger partial charge in [0, 0.05) is 21.9 Å². The molecule has 0 aliphatic heterocycles. The van der Waals surface area contributed by atoms with Crippen molar-refractivity contribution in [3.8, 4) is 0 Å². The van der Waals surface area contributed by atoms with E-state index < -0.39 is 0 Å². The highest BCUT2D eigenvalue weighted by atomic mass is 32.2. The molecule has 3 aromatic rings. The quantitative estimate of drug-likeness (QED) is 0.236. The lowest BCUT2D eigenvalue weighted by atomic mass is 9.98. The van der Waals surface area contributed by atoms with E-state index in [1.54, 1.807) is 17.8 Å². The fraction of sp³-hybridized carbons (Fsp3) is 0.161. The molecule has 0 spiro atoms. The number of aryl methyl sites for hydroxylation is 1. The van der Waals surface area contributed by atoms with Crippen molar-refractivity contribution < 1.29 is 4.79 Å². The average molecular weight is 481 g/mol. The highest BCUT2D eigenvalue weighted by Crippen LogP contribution is 2.38. The van der Waals surface area contributed by atoms with Gasteiger partial charge in [-0.2, -0.15) is 0 Å². The number of rotatable bonds is 10. The third-order valence-corrected chi connectivity index (χ3v) is 7.07. The minimum atomic E-state index is -0.127. The number of nitrogens with one attached hydrogen (secondary N) is 1. The highest BCUT2D eigenvalue weighted by Gasteiger charge is 2.13. The molecular formula is C31H32N2OS. The molecule has 0 fully saturated rings. The van der Waals surface area contributed by atoms with E-state index in [0.29, 0.717) is 17.8 Å². The Balaban J connectivity index is 1.79. The Morgan fingerprint density at radius 2 is 1.74 bits per heavy atom. The predicted molar refractivity (Wildman–Crippen MR) is 150 cm³/mol. The SMILES string of the molecule is C=C/C=C(C)\C(=C/C)Cc1ccccc1Sc1ccc(C(=O)NCc2ccccc2C)cc1N=C. The molecule has 35 heavy (non-hydrogen) atoms. The summed E-state index contributed by atoms with van der Waals surface area (Å²) in [6.07, 6.45) is 6.83. The number of aliphatic imine (C=N–C) groups is 1. The largest absolute Gasteiger partial charge is 0.348 e. The molecule has 3 rings (SSSR count). The molecule has 3 nitrogen and oxygen atoms in total. The molecule has 0 atom stereocenters. The van der Waals surface area contributed by atoms with Gasteiger partial charge in [-0.15, -0.1) is 0 Å². The monoisotopic (exact) mass is 480 g/mol. The van der Waals surface area contributed by atoms with E-state index in [1.807, 2.05) is 61.5 Å². The van der Waals surface area contributed by atoms with Crippen LogP contribution in [0, 0.1) is 6.92 Å². The number of nitrogens with zero attached hydrogens (tertiary/aromatic N) is 1. The van der Waals surface area contributed by atoms with E-state index in [-0.39, 0.29) is 5.91 Å². The Bertz CT molecular complexity index is 1290. The molecule has 178 valence electrons. The smallest absolute Gasteiger partial charge is 0.251 e. The second-order valence-electron chi connectivity index (χ2n) is 8.24. The standard InChI is InChI=1S/C31H32N2OS/c1-6-12-22(3)24(7-2)19-25-14-10-11-16-29(25)35-30-18-17-26(20-28(30)32-5)31(34)33-21-27-15-9-8-13-23(27)4/h6-18,20H,1,5,19,21H2,2-4H3,(H,33,34)/b22-12-,24-7-. The first-order valence-corrected chi connectivity index (χ1v) is 12.4. The summed E-state index contributed by atoms with van der Waals surface area (Å²) in [6.45, 7) is 14.3. The van der Waals surface area contributed by atoms with E-state index >= 15 is 0 Å². The van der Waals surface area contributed by atoms with E-state index in [0.717, 1.165) is 27.3 Å². The van der Waals surface area contributed by atoms with Crippen LogP contribution in [0.1, 0.15) is 40.9 Å². The summed E-state index contributed by atoms with van der Waals surface area (Å²) >= 11 is 1.64. The minimum absolute atomic E-state index is 0.127. The number of allylic oxidation sites excluding steroid dienone is 5. The van der Waals surface area contributed by atoms with Gasteiger partial charge < -0.3 is 5.32 Å². The van der Waals surface area contributed by atoms with Crippen molar-refractivity contribution >= 4 is 30.1 Å². The first kappa shape index (κ1) is 26.0. The Hall–Kier alpha value is -3.63. The lowest BCUT2D eigenvalue weighted by molar-refractivity contribution is 0.0951. The van der Waals surface area contributed by atoms with Crippen molar-refractivity contribution in [3.63, 3.8) is 0 Å². The molecule has 0 radical (unpaired) electrons. The van der Waals surface area contributed by atoms with Crippen LogP contribution in [0.2, 0.25) is 0 Å². The molecule has 0 heterocycles. The highest BCUT2D eigenvalue weighted by molar-refractivity contribution is 7.99. The zero-order chi connectivity index (χ0) is 25.2. The van der Waals surface area contributed by atoms with Crippen molar-refractivity contribution in [2.75, 3.05) is 0 Å². The Morgan fingerprint density at radius 3 is 2.43 bits per heavy atom. The number of amides is 1. The lowest BCUT2D eigenvalue weighted by Crippen LogP contribution is -2.23. The van der Waals surface area contributed by atoms with Crippen LogP contribution in [-0.4, -0.2) is 12.6 Å². The van der Waals surface area contributed by atoms with Crippen molar-refractivity contribution in [2.45, 2.75) is 43.5 Å². The summed E-state index contributed by atoms with van der Waals surface area (Å²) in [7, 11) is 0. The van der Waals surface area contributed by atoms with E-state index in [4.69, 9.17) is 0 Å². The number of hydrogen-bond acceptors (Lipinski definition) is 3. The summed E-state index contributed by atoms with van der Waals surface area (Å²) in [5, 5.41) is 3.01. The van der Waals surface area contributed by atoms with Crippen molar-refractivity contribution in [3.05, 3.63) is 125 Å². The molecule has 0 unspecified atom stereocenters. The molecule has 0 aromatic heterocycles. The molecule has 1 N–H and O–H groups in total. The van der Waals surface area contributed by atoms with Gasteiger partial charge in [0.1, 0.15) is 0 Å². The van der Waals surface area contributed by atoms with Gasteiger partial charge in [0.05, 0.1) is 5.69 Å². The minimum Gasteiger partial charge on any atom is -0.348 e. The summed E-state index contributed by atoms with van der Waals surface area (Å²) < 4.78 is 0. The maximum atomic E-state index is 12.8. The van der Waals surface area contributed by atoms with Gasteiger partial charge in [0.2, 0.25) is 0 Å². The third-order valence-electron chi connectivity index (χ3n) is 5.89. The van der Waals surface area contributed by atoms with Gasteiger partial charge in [-0.1, -0.05) is 79.0 Å². The molecule has 3 aromatic carbocycles. The van der Waals surface area contributed by atoms with Crippen molar-refractivity contribution in [1.29, 1.82) is 0 Å². The van der Waals surface area contributed by atoms with Crippen molar-refractivity contribution in [2.24, 2.45) is 4.99 Å². The van der Waals surface area contributed by atoms with Gasteiger partial charge in [-0.25, -0.2) is 0 Å². The van der Waals surface area contributed by atoms with Gasteiger partial charge in [-0.3, -0.25) is 9.79 Å². The fourth-order valence-electron chi connectivity index (χ4n) is 3.78. The van der Waals surface area contributed by atoms with E-state index in [9.17, 15) is 4.79 Å². The Kier molecular flexibility index (Phi) is 9.45. The molecule has 0 saturated heterocycles. The van der Waals surface area contributed by atoms with Crippen LogP contribution in [0.25, 0.3) is 0 Å². The topological polar surface area (TPSA) is 41.5 Å². The zero-order valence-corrected chi connectivity index (χ0v) is 21.5. The normalized spacial score (nSPS) is 11.7. The van der Waals surface area contributed by atoms with Crippen LogP contribution < -0.4 is 5.32 Å². The summed E-state index contributed by atoms with van der Waals surface area (Å²) in [5.41, 5.74) is 7.23. The number of hydrogen-bond donors (Lipinski definition) is 1. The maximum Gasteiger partial charge on any atom is 0.251 e. The Morgan fingerprint density at radius 1 is 1.03 bits per heavy atom. The summed E-state index contributed by atoms with van der Waals surface area (Å²) in [6, 6.07) is 22.0. The van der Waals surface area contributed by atoms with Gasteiger partial charge in [0.15, 0.2) is 0 Å². The average Bonchev–Trinajstić information content (AvgIpc) is 2.87. The summed E-state index contributed by atoms with van der Waals surface area (Å²) in [5.74, 6) is -0.127. The number of benzene rings is 3. The van der Waals surface area contributed by atoms with Crippen molar-refractivity contribution in [1.82, 2.24) is 5.32 Å². The first-order valence-electron chi connectivity index (χ1n) is 11.6. The zero-order valence-electron chi connectivity index (χ0n) is 20.7. The number of carbonyl (C=O) groups is 1. The second-order valence-corrected chi connectivity index (χ2v) is 9.32. The first-order chi connectivity index (χ1) is 17.0. The molecular weight excluding hydrogens is 448 g/mol. The van der Waals surface area contributed by atoms with Crippen LogP contribution in [0.15, 0.2) is 117 Å². The lowest BCUT2D eigenvalue weighted by Gasteiger charge is -2.14. The van der Waals surface area contributed by atoms with Gasteiger partial charge in [0.25, 0.3) is 5.91 Å². The molecule has 0 bridgehead atoms.